The highest BCUT2D eigenvalue weighted by atomic mass is 35.5. The molecule has 0 radical (unpaired) electrons. The maximum atomic E-state index is 12.8. The van der Waals surface area contributed by atoms with Crippen LogP contribution in [-0.4, -0.2) is 27.3 Å². The summed E-state index contributed by atoms with van der Waals surface area (Å²) in [7, 11) is 1.94. The number of aryl methyl sites for hydroxylation is 3. The van der Waals surface area contributed by atoms with Crippen molar-refractivity contribution in [2.75, 3.05) is 11.9 Å². The van der Waals surface area contributed by atoms with Crippen LogP contribution in [0.3, 0.4) is 0 Å². The number of hydrogen-bond donors (Lipinski definition) is 1. The van der Waals surface area contributed by atoms with Crippen LogP contribution >= 0.6 is 11.6 Å². The molecule has 156 valence electrons. The highest BCUT2D eigenvalue weighted by molar-refractivity contribution is 6.31. The maximum absolute atomic E-state index is 12.8. The quantitative estimate of drug-likeness (QED) is 0.650. The fourth-order valence-corrected chi connectivity index (χ4v) is 3.80. The first kappa shape index (κ1) is 20.3. The highest BCUT2D eigenvalue weighted by Crippen LogP contribution is 2.25. The number of fused-ring (bicyclic) bond motifs is 1. The summed E-state index contributed by atoms with van der Waals surface area (Å²) in [4.78, 5) is 14.6. The number of benzene rings is 2. The van der Waals surface area contributed by atoms with Crippen LogP contribution in [0.2, 0.25) is 5.02 Å². The van der Waals surface area contributed by atoms with Gasteiger partial charge >= 0.3 is 6.03 Å². The van der Waals surface area contributed by atoms with Crippen molar-refractivity contribution in [3.8, 4) is 5.75 Å². The number of nitrogens with zero attached hydrogens (tertiary/aromatic N) is 3. The Hall–Kier alpha value is -2.99. The number of carbonyl (C=O) groups is 1. The molecule has 1 aromatic heterocycles. The Kier molecular flexibility index (Phi) is 5.68. The number of anilines is 1. The lowest BCUT2D eigenvalue weighted by atomic mass is 10.1. The number of ether oxygens (including phenoxy) is 1. The molecule has 0 aliphatic carbocycles. The van der Waals surface area contributed by atoms with E-state index in [1.807, 2.05) is 62.0 Å². The zero-order valence-electron chi connectivity index (χ0n) is 17.4. The first-order valence-corrected chi connectivity index (χ1v) is 10.3. The smallest absolute Gasteiger partial charge is 0.322 e. The third-order valence-electron chi connectivity index (χ3n) is 5.43. The molecular formula is C23H25ClN4O2. The van der Waals surface area contributed by atoms with E-state index in [0.717, 1.165) is 34.7 Å². The van der Waals surface area contributed by atoms with Crippen LogP contribution in [0.4, 0.5) is 10.5 Å². The molecule has 2 amide bonds. The molecule has 2 heterocycles. The number of hydrogen-bond acceptors (Lipinski definition) is 3. The van der Waals surface area contributed by atoms with Gasteiger partial charge in [-0.25, -0.2) is 4.79 Å². The third kappa shape index (κ3) is 4.28. The maximum Gasteiger partial charge on any atom is 0.322 e. The van der Waals surface area contributed by atoms with Gasteiger partial charge in [0, 0.05) is 42.0 Å². The summed E-state index contributed by atoms with van der Waals surface area (Å²) >= 11 is 6.18. The Balaban J connectivity index is 1.46. The van der Waals surface area contributed by atoms with Crippen molar-refractivity contribution in [1.29, 1.82) is 0 Å². The van der Waals surface area contributed by atoms with Gasteiger partial charge in [-0.15, -0.1) is 0 Å². The monoisotopic (exact) mass is 424 g/mol. The molecule has 0 atom stereocenters. The van der Waals surface area contributed by atoms with Gasteiger partial charge in [0.25, 0.3) is 0 Å². The zero-order chi connectivity index (χ0) is 21.3. The molecule has 0 spiro atoms. The molecule has 0 unspecified atom stereocenters. The highest BCUT2D eigenvalue weighted by Gasteiger charge is 2.27. The van der Waals surface area contributed by atoms with Crippen molar-refractivity contribution >= 4 is 23.3 Å². The van der Waals surface area contributed by atoms with Gasteiger partial charge in [-0.3, -0.25) is 4.68 Å². The molecule has 0 saturated heterocycles. The normalized spacial score (nSPS) is 13.1. The molecule has 0 fully saturated rings. The van der Waals surface area contributed by atoms with Crippen LogP contribution in [-0.2, 0) is 26.6 Å². The topological polar surface area (TPSA) is 59.4 Å². The lowest BCUT2D eigenvalue weighted by molar-refractivity contribution is 0.205. The largest absolute Gasteiger partial charge is 0.487 e. The Morgan fingerprint density at radius 1 is 1.20 bits per heavy atom. The predicted molar refractivity (Wildman–Crippen MR) is 118 cm³/mol. The van der Waals surface area contributed by atoms with Gasteiger partial charge in [0.15, 0.2) is 0 Å². The number of amides is 2. The van der Waals surface area contributed by atoms with E-state index in [-0.39, 0.29) is 6.03 Å². The van der Waals surface area contributed by atoms with Crippen molar-refractivity contribution in [3.05, 3.63) is 75.6 Å². The summed E-state index contributed by atoms with van der Waals surface area (Å²) in [5.74, 6) is 0.807. The van der Waals surface area contributed by atoms with Crippen molar-refractivity contribution < 1.29 is 9.53 Å². The van der Waals surface area contributed by atoms with Gasteiger partial charge in [-0.05, 0) is 43.7 Å². The second-order valence-electron chi connectivity index (χ2n) is 7.66. The molecule has 1 N–H and O–H groups in total. The predicted octanol–water partition coefficient (Wildman–Crippen LogP) is 4.86. The molecule has 0 bridgehead atoms. The van der Waals surface area contributed by atoms with Gasteiger partial charge in [0.2, 0.25) is 0 Å². The number of rotatable bonds is 4. The van der Waals surface area contributed by atoms with Gasteiger partial charge < -0.3 is 15.0 Å². The molecule has 30 heavy (non-hydrogen) atoms. The SMILES string of the molecule is Cc1ccc(OCc2nn(C)c3c2CN(C(=O)Nc2ccc(C)c(Cl)c2)CC3)cc1. The minimum Gasteiger partial charge on any atom is -0.487 e. The molecular weight excluding hydrogens is 400 g/mol. The van der Waals surface area contributed by atoms with E-state index >= 15 is 0 Å². The Morgan fingerprint density at radius 2 is 1.97 bits per heavy atom. The number of carbonyl (C=O) groups excluding carboxylic acids is 1. The minimum absolute atomic E-state index is 0.144. The van der Waals surface area contributed by atoms with Crippen LogP contribution in [0.1, 0.15) is 28.1 Å². The van der Waals surface area contributed by atoms with E-state index in [2.05, 4.69) is 10.4 Å². The molecule has 0 saturated carbocycles. The first-order chi connectivity index (χ1) is 14.4. The van der Waals surface area contributed by atoms with Crippen molar-refractivity contribution in [3.63, 3.8) is 0 Å². The zero-order valence-corrected chi connectivity index (χ0v) is 18.2. The molecule has 4 rings (SSSR count). The average Bonchev–Trinajstić information content (AvgIpc) is 3.05. The van der Waals surface area contributed by atoms with Crippen LogP contribution in [0.25, 0.3) is 0 Å². The summed E-state index contributed by atoms with van der Waals surface area (Å²) in [5.41, 5.74) is 5.94. The number of aromatic nitrogens is 2. The van der Waals surface area contributed by atoms with Crippen LogP contribution in [0.5, 0.6) is 5.75 Å². The van der Waals surface area contributed by atoms with E-state index in [9.17, 15) is 4.79 Å². The third-order valence-corrected chi connectivity index (χ3v) is 5.84. The van der Waals surface area contributed by atoms with Gasteiger partial charge in [0.05, 0.1) is 6.54 Å². The standard InChI is InChI=1S/C23H25ClN4O2/c1-15-4-8-18(9-5-15)30-14-21-19-13-28(11-10-22(19)27(3)26-21)23(29)25-17-7-6-16(2)20(24)12-17/h4-9,12H,10-11,13-14H2,1-3H3,(H,25,29). The lowest BCUT2D eigenvalue weighted by Gasteiger charge is -2.28. The van der Waals surface area contributed by atoms with Crippen molar-refractivity contribution in [1.82, 2.24) is 14.7 Å². The van der Waals surface area contributed by atoms with Crippen LogP contribution < -0.4 is 10.1 Å². The second-order valence-corrected chi connectivity index (χ2v) is 8.07. The molecule has 3 aromatic rings. The van der Waals surface area contributed by atoms with E-state index in [1.165, 1.54) is 5.56 Å². The Bertz CT molecular complexity index is 1080. The van der Waals surface area contributed by atoms with E-state index < -0.39 is 0 Å². The first-order valence-electron chi connectivity index (χ1n) is 9.96. The fraction of sp³-hybridized carbons (Fsp3) is 0.304. The lowest BCUT2D eigenvalue weighted by Crippen LogP contribution is -2.39. The number of nitrogens with one attached hydrogen (secondary N) is 1. The van der Waals surface area contributed by atoms with Crippen molar-refractivity contribution in [2.24, 2.45) is 7.05 Å². The van der Waals surface area contributed by atoms with Gasteiger partial charge in [-0.2, -0.15) is 5.10 Å². The van der Waals surface area contributed by atoms with E-state index in [4.69, 9.17) is 16.3 Å². The van der Waals surface area contributed by atoms with Crippen LogP contribution in [0.15, 0.2) is 42.5 Å². The minimum atomic E-state index is -0.144. The number of urea groups is 1. The van der Waals surface area contributed by atoms with Crippen LogP contribution in [0, 0.1) is 13.8 Å². The molecule has 1 aliphatic heterocycles. The Morgan fingerprint density at radius 3 is 2.70 bits per heavy atom. The van der Waals surface area contributed by atoms with Gasteiger partial charge in [0.1, 0.15) is 18.1 Å². The van der Waals surface area contributed by atoms with E-state index in [0.29, 0.717) is 30.4 Å². The average molecular weight is 425 g/mol. The molecule has 7 heteroatoms. The second kappa shape index (κ2) is 8.40. The summed E-state index contributed by atoms with van der Waals surface area (Å²) in [6.07, 6.45) is 0.755. The number of halogens is 1. The molecule has 2 aromatic carbocycles. The van der Waals surface area contributed by atoms with E-state index in [1.54, 1.807) is 11.0 Å². The fourth-order valence-electron chi connectivity index (χ4n) is 3.62. The van der Waals surface area contributed by atoms with Crippen molar-refractivity contribution in [2.45, 2.75) is 33.4 Å². The summed E-state index contributed by atoms with van der Waals surface area (Å²) in [6, 6.07) is 13.3. The summed E-state index contributed by atoms with van der Waals surface area (Å²) in [6.45, 7) is 5.48. The molecule has 6 nitrogen and oxygen atoms in total. The Labute approximate surface area is 181 Å². The summed E-state index contributed by atoms with van der Waals surface area (Å²) < 4.78 is 7.83. The molecule has 1 aliphatic rings. The summed E-state index contributed by atoms with van der Waals surface area (Å²) in [5, 5.41) is 8.22. The van der Waals surface area contributed by atoms with Gasteiger partial charge in [-0.1, -0.05) is 35.4 Å².